The highest BCUT2D eigenvalue weighted by Gasteiger charge is 2.34. The van der Waals surface area contributed by atoms with Crippen LogP contribution in [0.15, 0.2) is 4.99 Å². The molecule has 1 heterocycles. The van der Waals surface area contributed by atoms with Crippen molar-refractivity contribution in [2.45, 2.75) is 57.5 Å². The summed E-state index contributed by atoms with van der Waals surface area (Å²) in [6.07, 6.45) is 8.04. The van der Waals surface area contributed by atoms with E-state index in [0.29, 0.717) is 12.6 Å². The predicted octanol–water partition coefficient (Wildman–Crippen LogP) is 1.50. The fourth-order valence-corrected chi connectivity index (χ4v) is 3.57. The highest BCUT2D eigenvalue weighted by atomic mass is 16.5. The molecule has 19 heavy (non-hydrogen) atoms. The number of ether oxygens (including phenoxy) is 1. The minimum absolute atomic E-state index is 0.140. The molecular weight excluding hydrogens is 240 g/mol. The van der Waals surface area contributed by atoms with E-state index < -0.39 is 0 Å². The van der Waals surface area contributed by atoms with Crippen LogP contribution in [0, 0.1) is 5.92 Å². The lowest BCUT2D eigenvalue weighted by atomic mass is 9.96. The first-order valence-electron chi connectivity index (χ1n) is 7.56. The molecule has 3 N–H and O–H groups in total. The fraction of sp³-hybridized carbons (Fsp3) is 0.929. The number of aliphatic imine (C=N–C) groups is 1. The zero-order chi connectivity index (χ0) is 13.7. The van der Waals surface area contributed by atoms with E-state index in [1.54, 1.807) is 7.11 Å². The van der Waals surface area contributed by atoms with Crippen molar-refractivity contribution in [1.29, 1.82) is 0 Å². The van der Waals surface area contributed by atoms with E-state index in [1.165, 1.54) is 38.5 Å². The molecule has 5 nitrogen and oxygen atoms in total. The lowest BCUT2D eigenvalue weighted by Gasteiger charge is -2.32. The molecule has 1 saturated heterocycles. The maximum Gasteiger partial charge on any atom is 0.209 e. The van der Waals surface area contributed by atoms with Gasteiger partial charge in [0.1, 0.15) is 0 Å². The van der Waals surface area contributed by atoms with Crippen LogP contribution >= 0.6 is 0 Å². The van der Waals surface area contributed by atoms with Crippen molar-refractivity contribution >= 4 is 5.96 Å². The molecule has 5 heteroatoms. The monoisotopic (exact) mass is 268 g/mol. The summed E-state index contributed by atoms with van der Waals surface area (Å²) in [5, 5.41) is 0. The molecule has 2 atom stereocenters. The number of nitrogens with zero attached hydrogens (tertiary/aromatic N) is 2. The number of nitrogens with two attached hydrogens (primary N) is 1. The summed E-state index contributed by atoms with van der Waals surface area (Å²) in [6.45, 7) is 3.76. The number of guanidine groups is 1. The van der Waals surface area contributed by atoms with E-state index in [0.717, 1.165) is 18.4 Å². The van der Waals surface area contributed by atoms with E-state index in [2.05, 4.69) is 22.2 Å². The van der Waals surface area contributed by atoms with Gasteiger partial charge in [0, 0.05) is 19.7 Å². The Morgan fingerprint density at radius 2 is 2.11 bits per heavy atom. The standard InChI is InChI=1S/C14H28N4O/c1-11(10-19-2)16-14(17-15)18-9-5-8-13(18)12-6-3-4-7-12/h11-13H,3-10,15H2,1-2H3,(H,16,17). The summed E-state index contributed by atoms with van der Waals surface area (Å²) in [5.74, 6) is 7.37. The average molecular weight is 268 g/mol. The predicted molar refractivity (Wildman–Crippen MR) is 77.8 cm³/mol. The Morgan fingerprint density at radius 1 is 1.37 bits per heavy atom. The zero-order valence-electron chi connectivity index (χ0n) is 12.3. The number of methoxy groups -OCH3 is 1. The van der Waals surface area contributed by atoms with Gasteiger partial charge in [0.15, 0.2) is 0 Å². The van der Waals surface area contributed by atoms with Crippen molar-refractivity contribution in [2.75, 3.05) is 20.3 Å². The van der Waals surface area contributed by atoms with Crippen molar-refractivity contribution in [1.82, 2.24) is 10.3 Å². The van der Waals surface area contributed by atoms with Crippen LogP contribution in [-0.4, -0.2) is 43.2 Å². The lowest BCUT2D eigenvalue weighted by molar-refractivity contribution is 0.184. The third-order valence-electron chi connectivity index (χ3n) is 4.39. The maximum absolute atomic E-state index is 5.69. The normalized spacial score (nSPS) is 27.0. The van der Waals surface area contributed by atoms with Crippen LogP contribution in [0.5, 0.6) is 0 Å². The average Bonchev–Trinajstić information content (AvgIpc) is 3.06. The molecular formula is C14H28N4O. The highest BCUT2D eigenvalue weighted by Crippen LogP contribution is 2.35. The Hall–Kier alpha value is -0.810. The highest BCUT2D eigenvalue weighted by molar-refractivity contribution is 5.80. The second-order valence-corrected chi connectivity index (χ2v) is 5.85. The van der Waals surface area contributed by atoms with Gasteiger partial charge in [-0.1, -0.05) is 12.8 Å². The molecule has 1 saturated carbocycles. The van der Waals surface area contributed by atoms with Crippen molar-refractivity contribution in [3.63, 3.8) is 0 Å². The van der Waals surface area contributed by atoms with Crippen LogP contribution in [0.2, 0.25) is 0 Å². The van der Waals surface area contributed by atoms with Crippen molar-refractivity contribution < 1.29 is 4.74 Å². The van der Waals surface area contributed by atoms with Crippen LogP contribution in [0.4, 0.5) is 0 Å². The minimum atomic E-state index is 0.140. The fourth-order valence-electron chi connectivity index (χ4n) is 3.57. The number of nitrogens with one attached hydrogen (secondary N) is 1. The summed E-state index contributed by atoms with van der Waals surface area (Å²) < 4.78 is 5.14. The quantitative estimate of drug-likeness (QED) is 0.351. The Bertz CT molecular complexity index is 302. The van der Waals surface area contributed by atoms with Gasteiger partial charge in [-0.25, -0.2) is 10.8 Å². The largest absolute Gasteiger partial charge is 0.382 e. The maximum atomic E-state index is 5.69. The number of hydrazine groups is 1. The molecule has 1 aliphatic carbocycles. The number of likely N-dealkylation sites (tertiary alicyclic amines) is 1. The second-order valence-electron chi connectivity index (χ2n) is 5.85. The molecule has 2 fully saturated rings. The van der Waals surface area contributed by atoms with Crippen molar-refractivity contribution in [3.05, 3.63) is 0 Å². The molecule has 0 aromatic rings. The van der Waals surface area contributed by atoms with Gasteiger partial charge < -0.3 is 9.64 Å². The molecule has 2 rings (SSSR count). The van der Waals surface area contributed by atoms with Gasteiger partial charge in [-0.3, -0.25) is 5.43 Å². The summed E-state index contributed by atoms with van der Waals surface area (Å²) in [7, 11) is 1.71. The summed E-state index contributed by atoms with van der Waals surface area (Å²) >= 11 is 0. The van der Waals surface area contributed by atoms with Gasteiger partial charge in [-0.15, -0.1) is 0 Å². The van der Waals surface area contributed by atoms with E-state index >= 15 is 0 Å². The molecule has 0 aromatic heterocycles. The first kappa shape index (κ1) is 14.6. The van der Waals surface area contributed by atoms with Gasteiger partial charge in [0.2, 0.25) is 5.96 Å². The molecule has 2 unspecified atom stereocenters. The topological polar surface area (TPSA) is 62.9 Å². The Morgan fingerprint density at radius 3 is 2.74 bits per heavy atom. The summed E-state index contributed by atoms with van der Waals surface area (Å²) in [6, 6.07) is 0.771. The Kier molecular flexibility index (Phi) is 5.45. The lowest BCUT2D eigenvalue weighted by Crippen LogP contribution is -2.49. The Balaban J connectivity index is 2.03. The summed E-state index contributed by atoms with van der Waals surface area (Å²) in [5.41, 5.74) is 2.81. The van der Waals surface area contributed by atoms with Crippen molar-refractivity contribution in [3.8, 4) is 0 Å². The Labute approximate surface area is 116 Å². The molecule has 0 amide bonds. The molecule has 0 spiro atoms. The number of rotatable bonds is 4. The smallest absolute Gasteiger partial charge is 0.209 e. The van der Waals surface area contributed by atoms with Crippen LogP contribution in [0.3, 0.4) is 0 Å². The van der Waals surface area contributed by atoms with Crippen LogP contribution in [0.1, 0.15) is 45.4 Å². The SMILES string of the molecule is COCC(C)N=C(NN)N1CCCC1C1CCCC1. The molecule has 0 aromatic carbocycles. The zero-order valence-corrected chi connectivity index (χ0v) is 12.3. The van der Waals surface area contributed by atoms with Gasteiger partial charge in [-0.2, -0.15) is 0 Å². The first-order valence-corrected chi connectivity index (χ1v) is 7.56. The molecule has 1 aliphatic heterocycles. The van der Waals surface area contributed by atoms with Gasteiger partial charge >= 0.3 is 0 Å². The van der Waals surface area contributed by atoms with Crippen LogP contribution < -0.4 is 11.3 Å². The minimum Gasteiger partial charge on any atom is -0.382 e. The van der Waals surface area contributed by atoms with Gasteiger partial charge in [0.05, 0.1) is 12.6 Å². The van der Waals surface area contributed by atoms with Crippen LogP contribution in [0.25, 0.3) is 0 Å². The number of hydrogen-bond donors (Lipinski definition) is 2. The van der Waals surface area contributed by atoms with Gasteiger partial charge in [0.25, 0.3) is 0 Å². The molecule has 0 radical (unpaired) electrons. The van der Waals surface area contributed by atoms with Crippen molar-refractivity contribution in [2.24, 2.45) is 16.8 Å². The van der Waals surface area contributed by atoms with E-state index in [1.807, 2.05) is 0 Å². The van der Waals surface area contributed by atoms with E-state index in [9.17, 15) is 0 Å². The summed E-state index contributed by atoms with van der Waals surface area (Å²) in [4.78, 5) is 7.06. The first-order chi connectivity index (χ1) is 9.26. The van der Waals surface area contributed by atoms with E-state index in [-0.39, 0.29) is 6.04 Å². The number of hydrogen-bond acceptors (Lipinski definition) is 3. The third kappa shape index (κ3) is 3.60. The molecule has 2 aliphatic rings. The van der Waals surface area contributed by atoms with Gasteiger partial charge in [-0.05, 0) is 38.5 Å². The molecule has 110 valence electrons. The third-order valence-corrected chi connectivity index (χ3v) is 4.39. The van der Waals surface area contributed by atoms with E-state index in [4.69, 9.17) is 10.6 Å². The second kappa shape index (κ2) is 7.10. The molecule has 0 bridgehead atoms. The van der Waals surface area contributed by atoms with Crippen LogP contribution in [-0.2, 0) is 4.74 Å².